The van der Waals surface area contributed by atoms with Crippen LogP contribution < -0.4 is 5.43 Å². The summed E-state index contributed by atoms with van der Waals surface area (Å²) in [7, 11) is 0. The number of halogens is 2. The summed E-state index contributed by atoms with van der Waals surface area (Å²) in [5.41, 5.74) is 4.38. The van der Waals surface area contributed by atoms with Crippen molar-refractivity contribution in [2.75, 3.05) is 0 Å². The molecule has 0 aromatic heterocycles. The van der Waals surface area contributed by atoms with Crippen LogP contribution in [0, 0.1) is 0 Å². The van der Waals surface area contributed by atoms with Crippen molar-refractivity contribution in [2.24, 2.45) is 10.1 Å². The molecular formula is C8H4Cl2N3. The van der Waals surface area contributed by atoms with Crippen molar-refractivity contribution in [2.45, 2.75) is 0 Å². The van der Waals surface area contributed by atoms with Crippen molar-refractivity contribution < 1.29 is 0 Å². The number of benzene rings is 1. The van der Waals surface area contributed by atoms with E-state index in [1.165, 1.54) is 6.34 Å². The van der Waals surface area contributed by atoms with Crippen LogP contribution in [0.5, 0.6) is 0 Å². The molecule has 1 heterocycles. The maximum absolute atomic E-state index is 5.81. The fraction of sp³-hybridized carbons (Fsp3) is 0. The highest BCUT2D eigenvalue weighted by Gasteiger charge is 2.07. The quantitative estimate of drug-likeness (QED) is 0.686. The summed E-state index contributed by atoms with van der Waals surface area (Å²) in [6.07, 6.45) is 1.38. The topological polar surface area (TPSA) is 38.8 Å². The molecule has 2 rings (SSSR count). The number of rotatable bonds is 1. The third-order valence-corrected chi connectivity index (χ3v) is 1.94. The standard InChI is InChI=1S/C8H4Cl2N3/c9-6-1-5(2-7(10)3-6)8-11-4-12-13-8/h1-4H. The number of hydrogen-bond acceptors (Lipinski definition) is 2. The largest absolute Gasteiger partial charge is 0.213 e. The summed E-state index contributed by atoms with van der Waals surface area (Å²) in [5, 5.41) is 4.91. The fourth-order valence-corrected chi connectivity index (χ4v) is 1.53. The van der Waals surface area contributed by atoms with Gasteiger partial charge in [-0.1, -0.05) is 23.2 Å². The van der Waals surface area contributed by atoms with Crippen LogP contribution in [0.1, 0.15) is 5.56 Å². The third-order valence-electron chi connectivity index (χ3n) is 1.50. The lowest BCUT2D eigenvalue weighted by molar-refractivity contribution is 1.06. The molecule has 3 nitrogen and oxygen atoms in total. The van der Waals surface area contributed by atoms with Gasteiger partial charge in [0.05, 0.1) is 0 Å². The van der Waals surface area contributed by atoms with Crippen LogP contribution in [0.3, 0.4) is 0 Å². The molecule has 0 aliphatic carbocycles. The lowest BCUT2D eigenvalue weighted by Crippen LogP contribution is -1.93. The highest BCUT2D eigenvalue weighted by atomic mass is 35.5. The minimum Gasteiger partial charge on any atom is -0.213 e. The van der Waals surface area contributed by atoms with Crippen molar-refractivity contribution >= 4 is 35.4 Å². The van der Waals surface area contributed by atoms with E-state index in [1.54, 1.807) is 18.2 Å². The zero-order valence-corrected chi connectivity index (χ0v) is 7.92. The lowest BCUT2D eigenvalue weighted by atomic mass is 10.2. The average molecular weight is 213 g/mol. The molecule has 0 N–H and O–H groups in total. The Kier molecular flexibility index (Phi) is 2.20. The van der Waals surface area contributed by atoms with Crippen LogP contribution >= 0.6 is 23.2 Å². The summed E-state index contributed by atoms with van der Waals surface area (Å²) >= 11 is 11.6. The molecule has 0 unspecified atom stereocenters. The van der Waals surface area contributed by atoms with Crippen LogP contribution in [0.4, 0.5) is 0 Å². The molecule has 0 spiro atoms. The summed E-state index contributed by atoms with van der Waals surface area (Å²) in [5.74, 6) is 0.532. The summed E-state index contributed by atoms with van der Waals surface area (Å²) in [6, 6.07) is 5.14. The van der Waals surface area contributed by atoms with Gasteiger partial charge in [0.15, 0.2) is 5.84 Å². The van der Waals surface area contributed by atoms with E-state index in [1.807, 2.05) is 0 Å². The molecular weight excluding hydrogens is 209 g/mol. The lowest BCUT2D eigenvalue weighted by Gasteiger charge is -1.98. The molecule has 0 amide bonds. The minimum atomic E-state index is 0.532. The van der Waals surface area contributed by atoms with Gasteiger partial charge in [0.25, 0.3) is 0 Å². The highest BCUT2D eigenvalue weighted by molar-refractivity contribution is 6.35. The predicted octanol–water partition coefficient (Wildman–Crippen LogP) is 2.30. The Bertz CT molecular complexity index is 378. The Balaban J connectivity index is 2.45. The zero-order chi connectivity index (χ0) is 9.26. The van der Waals surface area contributed by atoms with Gasteiger partial charge in [0.2, 0.25) is 0 Å². The first kappa shape index (κ1) is 8.53. The van der Waals surface area contributed by atoms with Gasteiger partial charge in [0.1, 0.15) is 6.34 Å². The minimum absolute atomic E-state index is 0.532. The second-order valence-corrected chi connectivity index (χ2v) is 3.31. The van der Waals surface area contributed by atoms with Crippen molar-refractivity contribution in [3.05, 3.63) is 33.8 Å². The Morgan fingerprint density at radius 2 is 1.69 bits per heavy atom. The summed E-state index contributed by atoms with van der Waals surface area (Å²) in [4.78, 5) is 3.93. The molecule has 1 aliphatic heterocycles. The normalized spacial score (nSPS) is 14.2. The van der Waals surface area contributed by atoms with E-state index in [0.29, 0.717) is 15.9 Å². The fourth-order valence-electron chi connectivity index (χ4n) is 1.00. The van der Waals surface area contributed by atoms with Gasteiger partial charge < -0.3 is 0 Å². The van der Waals surface area contributed by atoms with E-state index in [4.69, 9.17) is 23.2 Å². The Hall–Kier alpha value is -1.06. The van der Waals surface area contributed by atoms with Crippen molar-refractivity contribution in [1.82, 2.24) is 5.43 Å². The van der Waals surface area contributed by atoms with E-state index < -0.39 is 0 Å². The van der Waals surface area contributed by atoms with Gasteiger partial charge in [-0.25, -0.2) is 4.99 Å². The zero-order valence-electron chi connectivity index (χ0n) is 6.41. The van der Waals surface area contributed by atoms with E-state index in [-0.39, 0.29) is 0 Å². The van der Waals surface area contributed by atoms with Gasteiger partial charge in [-0.15, -0.1) is 10.5 Å². The van der Waals surface area contributed by atoms with Crippen molar-refractivity contribution in [1.29, 1.82) is 0 Å². The Morgan fingerprint density at radius 1 is 1.00 bits per heavy atom. The number of aliphatic imine (C=N–C) groups is 1. The van der Waals surface area contributed by atoms with E-state index in [9.17, 15) is 0 Å². The highest BCUT2D eigenvalue weighted by Crippen LogP contribution is 2.20. The summed E-state index contributed by atoms with van der Waals surface area (Å²) in [6.45, 7) is 0. The van der Waals surface area contributed by atoms with Crippen LogP contribution in [-0.4, -0.2) is 12.2 Å². The molecule has 1 aliphatic rings. The first-order chi connectivity index (χ1) is 6.25. The van der Waals surface area contributed by atoms with Crippen LogP contribution in [0.25, 0.3) is 0 Å². The molecule has 13 heavy (non-hydrogen) atoms. The average Bonchev–Trinajstić information content (AvgIpc) is 2.53. The maximum Gasteiger partial charge on any atom is 0.183 e. The summed E-state index contributed by atoms with van der Waals surface area (Å²) < 4.78 is 0. The van der Waals surface area contributed by atoms with Crippen molar-refractivity contribution in [3.63, 3.8) is 0 Å². The number of amidine groups is 1. The van der Waals surface area contributed by atoms with Gasteiger partial charge >= 0.3 is 0 Å². The first-order valence-electron chi connectivity index (χ1n) is 3.52. The van der Waals surface area contributed by atoms with Crippen LogP contribution in [-0.2, 0) is 0 Å². The van der Waals surface area contributed by atoms with Crippen LogP contribution in [0.15, 0.2) is 28.3 Å². The smallest absolute Gasteiger partial charge is 0.183 e. The van der Waals surface area contributed by atoms with Gasteiger partial charge in [-0.3, -0.25) is 0 Å². The Labute approximate surface area is 85.1 Å². The predicted molar refractivity (Wildman–Crippen MR) is 53.6 cm³/mol. The molecule has 65 valence electrons. The van der Waals surface area contributed by atoms with Crippen LogP contribution in [0.2, 0.25) is 10.0 Å². The first-order valence-corrected chi connectivity index (χ1v) is 4.28. The Morgan fingerprint density at radius 3 is 2.23 bits per heavy atom. The second-order valence-electron chi connectivity index (χ2n) is 2.44. The van der Waals surface area contributed by atoms with E-state index in [0.717, 1.165) is 5.56 Å². The third kappa shape index (κ3) is 1.82. The van der Waals surface area contributed by atoms with E-state index >= 15 is 0 Å². The molecule has 1 radical (unpaired) electrons. The maximum atomic E-state index is 5.81. The van der Waals surface area contributed by atoms with Gasteiger partial charge in [-0.05, 0) is 18.2 Å². The molecule has 0 fully saturated rings. The van der Waals surface area contributed by atoms with Crippen molar-refractivity contribution in [3.8, 4) is 0 Å². The molecule has 0 bridgehead atoms. The molecule has 0 saturated carbocycles. The molecule has 0 saturated heterocycles. The molecule has 5 heteroatoms. The van der Waals surface area contributed by atoms with Gasteiger partial charge in [-0.2, -0.15) is 0 Å². The molecule has 1 aromatic carbocycles. The number of hydrogen-bond donors (Lipinski definition) is 0. The molecule has 0 atom stereocenters. The van der Waals surface area contributed by atoms with E-state index in [2.05, 4.69) is 15.5 Å². The SMILES string of the molecule is Clc1cc(Cl)cc(C2=N[N]C=N2)c1. The monoisotopic (exact) mass is 212 g/mol. The number of nitrogens with zero attached hydrogens (tertiary/aromatic N) is 3. The van der Waals surface area contributed by atoms with Gasteiger partial charge in [0, 0.05) is 15.6 Å². The second kappa shape index (κ2) is 3.36. The molecule has 1 aromatic rings.